The second kappa shape index (κ2) is 11.8. The molecule has 0 saturated carbocycles. The van der Waals surface area contributed by atoms with Crippen LogP contribution in [-0.2, 0) is 6.54 Å². The Hall–Kier alpha value is -1.67. The molecule has 0 atom stereocenters. The molecule has 2 aromatic carbocycles. The Balaban J connectivity index is 0.00000312. The van der Waals surface area contributed by atoms with Gasteiger partial charge in [0, 0.05) is 18.6 Å². The van der Waals surface area contributed by atoms with Gasteiger partial charge in [-0.25, -0.2) is 0 Å². The summed E-state index contributed by atoms with van der Waals surface area (Å²) in [4.78, 5) is 4.19. The third-order valence-corrected chi connectivity index (χ3v) is 3.54. The molecule has 0 unspecified atom stereocenters. The van der Waals surface area contributed by atoms with E-state index in [1.807, 2.05) is 42.5 Å². The lowest BCUT2D eigenvalue weighted by atomic mass is 10.2. The predicted octanol–water partition coefficient (Wildman–Crippen LogP) is 3.71. The van der Waals surface area contributed by atoms with Gasteiger partial charge in [0.05, 0.1) is 13.7 Å². The Bertz CT molecular complexity index is 666. The van der Waals surface area contributed by atoms with Crippen LogP contribution in [0, 0.1) is 0 Å². The smallest absolute Gasteiger partial charge is 0.191 e. The van der Waals surface area contributed by atoms with E-state index in [-0.39, 0.29) is 24.0 Å². The molecule has 0 aliphatic heterocycles. The number of ether oxygens (including phenoxy) is 2. The first-order valence-electron chi connectivity index (χ1n) is 7.67. The zero-order valence-electron chi connectivity index (χ0n) is 14.3. The van der Waals surface area contributed by atoms with E-state index in [1.54, 1.807) is 20.2 Å². The van der Waals surface area contributed by atoms with E-state index in [2.05, 4.69) is 15.6 Å². The van der Waals surface area contributed by atoms with Crippen LogP contribution in [-0.4, -0.2) is 33.3 Å². The van der Waals surface area contributed by atoms with Crippen molar-refractivity contribution in [3.8, 4) is 11.5 Å². The molecule has 0 aliphatic rings. The van der Waals surface area contributed by atoms with Gasteiger partial charge in [-0.05, 0) is 35.9 Å². The standard InChI is InChI=1S/C18H22ClN3O2.HI/c1-20-18(22-13-14-6-8-16(23-2)9-7-14)21-10-11-24-17-5-3-4-15(19)12-17;/h3-9,12H,10-11,13H2,1-2H3,(H2,20,21,22);1H. The Morgan fingerprint density at radius 1 is 1.08 bits per heavy atom. The van der Waals surface area contributed by atoms with Gasteiger partial charge in [0.1, 0.15) is 18.1 Å². The van der Waals surface area contributed by atoms with Crippen LogP contribution >= 0.6 is 35.6 Å². The summed E-state index contributed by atoms with van der Waals surface area (Å²) in [5.74, 6) is 2.32. The molecular formula is C18H23ClIN3O2. The molecule has 0 aliphatic carbocycles. The van der Waals surface area contributed by atoms with Gasteiger partial charge in [-0.1, -0.05) is 29.8 Å². The van der Waals surface area contributed by atoms with Crippen LogP contribution in [0.15, 0.2) is 53.5 Å². The lowest BCUT2D eigenvalue weighted by Crippen LogP contribution is -2.38. The third-order valence-electron chi connectivity index (χ3n) is 3.30. The number of guanidine groups is 1. The van der Waals surface area contributed by atoms with Gasteiger partial charge < -0.3 is 20.1 Å². The van der Waals surface area contributed by atoms with E-state index in [1.165, 1.54) is 0 Å². The maximum atomic E-state index is 5.92. The number of methoxy groups -OCH3 is 1. The quantitative estimate of drug-likeness (QED) is 0.277. The fourth-order valence-corrected chi connectivity index (χ4v) is 2.23. The molecule has 0 amide bonds. The first-order valence-corrected chi connectivity index (χ1v) is 8.05. The van der Waals surface area contributed by atoms with Crippen molar-refractivity contribution in [2.45, 2.75) is 6.54 Å². The van der Waals surface area contributed by atoms with Crippen molar-refractivity contribution in [1.82, 2.24) is 10.6 Å². The van der Waals surface area contributed by atoms with E-state index in [4.69, 9.17) is 21.1 Å². The summed E-state index contributed by atoms with van der Waals surface area (Å²) in [7, 11) is 3.39. The fraction of sp³-hybridized carbons (Fsp3) is 0.278. The highest BCUT2D eigenvalue weighted by Crippen LogP contribution is 2.16. The second-order valence-electron chi connectivity index (χ2n) is 5.01. The van der Waals surface area contributed by atoms with Crippen LogP contribution in [0.3, 0.4) is 0 Å². The highest BCUT2D eigenvalue weighted by Gasteiger charge is 2.00. The summed E-state index contributed by atoms with van der Waals surface area (Å²) in [6.45, 7) is 1.83. The molecule has 25 heavy (non-hydrogen) atoms. The van der Waals surface area contributed by atoms with Gasteiger partial charge in [-0.15, -0.1) is 24.0 Å². The Kier molecular flexibility index (Phi) is 10.1. The highest BCUT2D eigenvalue weighted by molar-refractivity contribution is 14.0. The molecule has 136 valence electrons. The number of halogens is 2. The summed E-state index contributed by atoms with van der Waals surface area (Å²) < 4.78 is 10.8. The largest absolute Gasteiger partial charge is 0.497 e. The van der Waals surface area contributed by atoms with Crippen LogP contribution in [0.4, 0.5) is 0 Å². The van der Waals surface area contributed by atoms with E-state index in [9.17, 15) is 0 Å². The SMILES string of the molecule is CN=C(NCCOc1cccc(Cl)c1)NCc1ccc(OC)cc1.I. The van der Waals surface area contributed by atoms with Crippen molar-refractivity contribution in [2.75, 3.05) is 27.3 Å². The molecule has 2 N–H and O–H groups in total. The van der Waals surface area contributed by atoms with Crippen molar-refractivity contribution >= 4 is 41.5 Å². The molecular weight excluding hydrogens is 453 g/mol. The minimum atomic E-state index is 0. The highest BCUT2D eigenvalue weighted by atomic mass is 127. The molecule has 0 aromatic heterocycles. The number of nitrogens with zero attached hydrogens (tertiary/aromatic N) is 1. The molecule has 2 aromatic rings. The van der Waals surface area contributed by atoms with Crippen LogP contribution in [0.25, 0.3) is 0 Å². The molecule has 5 nitrogen and oxygen atoms in total. The summed E-state index contributed by atoms with van der Waals surface area (Å²) in [5.41, 5.74) is 1.15. The second-order valence-corrected chi connectivity index (χ2v) is 5.44. The topological polar surface area (TPSA) is 54.9 Å². The maximum absolute atomic E-state index is 5.92. The first-order chi connectivity index (χ1) is 11.7. The number of benzene rings is 2. The van der Waals surface area contributed by atoms with Gasteiger partial charge in [0.15, 0.2) is 5.96 Å². The molecule has 7 heteroatoms. The van der Waals surface area contributed by atoms with Crippen molar-refractivity contribution in [3.63, 3.8) is 0 Å². The van der Waals surface area contributed by atoms with Crippen LogP contribution in [0.2, 0.25) is 5.02 Å². The molecule has 0 saturated heterocycles. The number of hydrogen-bond acceptors (Lipinski definition) is 3. The summed E-state index contributed by atoms with van der Waals surface area (Å²) in [5, 5.41) is 7.12. The minimum absolute atomic E-state index is 0. The number of aliphatic imine (C=N–C) groups is 1. The van der Waals surface area contributed by atoms with Crippen molar-refractivity contribution in [1.29, 1.82) is 0 Å². The molecule has 0 spiro atoms. The predicted molar refractivity (Wildman–Crippen MR) is 114 cm³/mol. The molecule has 0 bridgehead atoms. The van der Waals surface area contributed by atoms with Crippen LogP contribution < -0.4 is 20.1 Å². The number of rotatable bonds is 7. The minimum Gasteiger partial charge on any atom is -0.497 e. The third kappa shape index (κ3) is 7.83. The van der Waals surface area contributed by atoms with Gasteiger partial charge in [-0.2, -0.15) is 0 Å². The first kappa shape index (κ1) is 21.4. The Labute approximate surface area is 170 Å². The summed E-state index contributed by atoms with van der Waals surface area (Å²) in [6, 6.07) is 15.2. The average Bonchev–Trinajstić information content (AvgIpc) is 2.61. The Morgan fingerprint density at radius 2 is 1.84 bits per heavy atom. The molecule has 0 radical (unpaired) electrons. The summed E-state index contributed by atoms with van der Waals surface area (Å²) in [6.07, 6.45) is 0. The van der Waals surface area contributed by atoms with Crippen LogP contribution in [0.1, 0.15) is 5.56 Å². The zero-order valence-corrected chi connectivity index (χ0v) is 17.4. The van der Waals surface area contributed by atoms with E-state index in [0.29, 0.717) is 24.7 Å². The van der Waals surface area contributed by atoms with Gasteiger partial charge in [-0.3, -0.25) is 4.99 Å². The lowest BCUT2D eigenvalue weighted by Gasteiger charge is -2.13. The van der Waals surface area contributed by atoms with Gasteiger partial charge in [0.2, 0.25) is 0 Å². The molecule has 2 rings (SSSR count). The van der Waals surface area contributed by atoms with Gasteiger partial charge in [0.25, 0.3) is 0 Å². The number of nitrogens with one attached hydrogen (secondary N) is 2. The zero-order chi connectivity index (χ0) is 17.2. The van der Waals surface area contributed by atoms with Crippen LogP contribution in [0.5, 0.6) is 11.5 Å². The lowest BCUT2D eigenvalue weighted by molar-refractivity contribution is 0.322. The van der Waals surface area contributed by atoms with Crippen molar-refractivity contribution in [3.05, 3.63) is 59.1 Å². The summed E-state index contributed by atoms with van der Waals surface area (Å²) >= 11 is 5.92. The van der Waals surface area contributed by atoms with Crippen molar-refractivity contribution < 1.29 is 9.47 Å². The maximum Gasteiger partial charge on any atom is 0.191 e. The Morgan fingerprint density at radius 3 is 2.48 bits per heavy atom. The molecule has 0 fully saturated rings. The van der Waals surface area contributed by atoms with E-state index < -0.39 is 0 Å². The van der Waals surface area contributed by atoms with E-state index in [0.717, 1.165) is 23.0 Å². The normalized spacial score (nSPS) is 10.6. The molecule has 0 heterocycles. The average molecular weight is 476 g/mol. The van der Waals surface area contributed by atoms with E-state index >= 15 is 0 Å². The number of hydrogen-bond donors (Lipinski definition) is 2. The van der Waals surface area contributed by atoms with Gasteiger partial charge >= 0.3 is 0 Å². The van der Waals surface area contributed by atoms with Crippen molar-refractivity contribution in [2.24, 2.45) is 4.99 Å². The fourth-order valence-electron chi connectivity index (χ4n) is 2.04. The monoisotopic (exact) mass is 475 g/mol.